The van der Waals surface area contributed by atoms with E-state index in [1.54, 1.807) is 0 Å². The monoisotopic (exact) mass is 256 g/mol. The first-order valence-electron chi connectivity index (χ1n) is 5.52. The molecule has 1 aromatic carbocycles. The molecule has 1 fully saturated rings. The number of hydrogen-bond acceptors (Lipinski definition) is 2. The maximum Gasteiger partial charge on any atom is 0.226 e. The van der Waals surface area contributed by atoms with Crippen LogP contribution in [0.3, 0.4) is 0 Å². The molecule has 0 spiro atoms. The fraction of sp³-hybridized carbons (Fsp3) is 0.417. The first-order valence-corrected chi connectivity index (χ1v) is 5.90. The third-order valence-electron chi connectivity index (χ3n) is 3.06. The molecular formula is C12H14ClFN2O. The summed E-state index contributed by atoms with van der Waals surface area (Å²) >= 11 is 5.85. The second-order valence-electron chi connectivity index (χ2n) is 4.57. The lowest BCUT2D eigenvalue weighted by atomic mass is 9.75. The zero-order chi connectivity index (χ0) is 12.5. The van der Waals surface area contributed by atoms with Crippen LogP contribution in [0.2, 0.25) is 5.02 Å². The maximum atomic E-state index is 13.0. The summed E-state index contributed by atoms with van der Waals surface area (Å²) in [7, 11) is 0. The highest BCUT2D eigenvalue weighted by atomic mass is 35.5. The van der Waals surface area contributed by atoms with E-state index < -0.39 is 5.82 Å². The molecule has 0 bridgehead atoms. The second kappa shape index (κ2) is 4.63. The van der Waals surface area contributed by atoms with Gasteiger partial charge < -0.3 is 11.1 Å². The molecule has 1 amide bonds. The van der Waals surface area contributed by atoms with Gasteiger partial charge in [-0.3, -0.25) is 4.79 Å². The smallest absolute Gasteiger partial charge is 0.226 e. The Morgan fingerprint density at radius 3 is 2.82 bits per heavy atom. The SMILES string of the molecule is NC1(CC(=O)Nc2cc(F)ccc2Cl)CCC1. The second-order valence-corrected chi connectivity index (χ2v) is 4.97. The number of rotatable bonds is 3. The Hall–Kier alpha value is -1.13. The molecule has 17 heavy (non-hydrogen) atoms. The number of benzene rings is 1. The standard InChI is InChI=1S/C12H14ClFN2O/c13-9-3-2-8(14)6-10(9)16-11(17)7-12(15)4-1-5-12/h2-3,6H,1,4-5,7,15H2,(H,16,17). The summed E-state index contributed by atoms with van der Waals surface area (Å²) in [5.74, 6) is -0.657. The predicted octanol–water partition coefficient (Wildman–Crippen LogP) is 2.69. The molecule has 92 valence electrons. The number of anilines is 1. The van der Waals surface area contributed by atoms with E-state index in [-0.39, 0.29) is 17.9 Å². The Balaban J connectivity index is 2.00. The van der Waals surface area contributed by atoms with E-state index in [9.17, 15) is 9.18 Å². The van der Waals surface area contributed by atoms with Gasteiger partial charge in [0, 0.05) is 12.0 Å². The van der Waals surface area contributed by atoms with Crippen molar-refractivity contribution in [3.05, 3.63) is 29.0 Å². The first kappa shape index (κ1) is 12.3. The Morgan fingerprint density at radius 2 is 2.24 bits per heavy atom. The van der Waals surface area contributed by atoms with Crippen LogP contribution in [-0.2, 0) is 4.79 Å². The molecule has 1 aliphatic rings. The Kier molecular flexibility index (Phi) is 3.35. The lowest BCUT2D eigenvalue weighted by molar-refractivity contribution is -0.118. The van der Waals surface area contributed by atoms with Crippen LogP contribution in [0.1, 0.15) is 25.7 Å². The van der Waals surface area contributed by atoms with Crippen LogP contribution >= 0.6 is 11.6 Å². The van der Waals surface area contributed by atoms with Gasteiger partial charge in [-0.15, -0.1) is 0 Å². The highest BCUT2D eigenvalue weighted by Gasteiger charge is 2.34. The summed E-state index contributed by atoms with van der Waals surface area (Å²) in [4.78, 5) is 11.7. The van der Waals surface area contributed by atoms with Gasteiger partial charge in [0.2, 0.25) is 5.91 Å². The van der Waals surface area contributed by atoms with E-state index in [1.807, 2.05) is 0 Å². The molecule has 0 atom stereocenters. The van der Waals surface area contributed by atoms with Gasteiger partial charge >= 0.3 is 0 Å². The fourth-order valence-electron chi connectivity index (χ4n) is 1.92. The summed E-state index contributed by atoms with van der Waals surface area (Å²) in [6.07, 6.45) is 3.03. The zero-order valence-electron chi connectivity index (χ0n) is 9.30. The molecule has 1 aliphatic carbocycles. The Labute approximate surface area is 104 Å². The number of carbonyl (C=O) groups excluding carboxylic acids is 1. The zero-order valence-corrected chi connectivity index (χ0v) is 10.1. The highest BCUT2D eigenvalue weighted by molar-refractivity contribution is 6.33. The molecule has 0 saturated heterocycles. The number of nitrogens with one attached hydrogen (secondary N) is 1. The predicted molar refractivity (Wildman–Crippen MR) is 65.4 cm³/mol. The van der Waals surface area contributed by atoms with E-state index in [0.29, 0.717) is 10.7 Å². The van der Waals surface area contributed by atoms with Gasteiger partial charge in [-0.2, -0.15) is 0 Å². The minimum Gasteiger partial charge on any atom is -0.325 e. The van der Waals surface area contributed by atoms with Gasteiger partial charge in [0.15, 0.2) is 0 Å². The summed E-state index contributed by atoms with van der Waals surface area (Å²) in [5.41, 5.74) is 5.86. The average Bonchev–Trinajstić information content (AvgIpc) is 2.21. The third-order valence-corrected chi connectivity index (χ3v) is 3.39. The van der Waals surface area contributed by atoms with E-state index in [2.05, 4.69) is 5.32 Å². The Bertz CT molecular complexity index is 446. The van der Waals surface area contributed by atoms with Crippen LogP contribution in [0, 0.1) is 5.82 Å². The normalized spacial score (nSPS) is 17.4. The van der Waals surface area contributed by atoms with E-state index >= 15 is 0 Å². The first-order chi connectivity index (χ1) is 7.98. The Morgan fingerprint density at radius 1 is 1.53 bits per heavy atom. The number of amides is 1. The highest BCUT2D eigenvalue weighted by Crippen LogP contribution is 2.32. The lowest BCUT2D eigenvalue weighted by Gasteiger charge is -2.37. The van der Waals surface area contributed by atoms with E-state index in [4.69, 9.17) is 17.3 Å². The van der Waals surface area contributed by atoms with Crippen LogP contribution < -0.4 is 11.1 Å². The van der Waals surface area contributed by atoms with E-state index in [1.165, 1.54) is 18.2 Å². The molecule has 0 unspecified atom stereocenters. The van der Waals surface area contributed by atoms with Crippen molar-refractivity contribution in [2.24, 2.45) is 5.73 Å². The summed E-state index contributed by atoms with van der Waals surface area (Å²) in [6.45, 7) is 0. The largest absolute Gasteiger partial charge is 0.325 e. The van der Waals surface area contributed by atoms with E-state index in [0.717, 1.165) is 19.3 Å². The number of halogens is 2. The van der Waals surface area contributed by atoms with Crippen LogP contribution in [0.25, 0.3) is 0 Å². The van der Waals surface area contributed by atoms with Crippen molar-refractivity contribution in [1.82, 2.24) is 0 Å². The van der Waals surface area contributed by atoms with Gasteiger partial charge in [0.05, 0.1) is 10.7 Å². The molecule has 1 aromatic rings. The number of carbonyl (C=O) groups is 1. The minimum atomic E-state index is -0.434. The van der Waals surface area contributed by atoms with Crippen LogP contribution in [0.5, 0.6) is 0 Å². The van der Waals surface area contributed by atoms with Crippen molar-refractivity contribution in [2.45, 2.75) is 31.2 Å². The summed E-state index contributed by atoms with van der Waals surface area (Å²) in [6, 6.07) is 3.85. The third kappa shape index (κ3) is 2.96. The van der Waals surface area contributed by atoms with Crippen molar-refractivity contribution >= 4 is 23.2 Å². The fourth-order valence-corrected chi connectivity index (χ4v) is 2.08. The van der Waals surface area contributed by atoms with Crippen LogP contribution in [-0.4, -0.2) is 11.4 Å². The number of nitrogens with two attached hydrogens (primary N) is 1. The minimum absolute atomic E-state index is 0.222. The van der Waals surface area contributed by atoms with Crippen molar-refractivity contribution in [1.29, 1.82) is 0 Å². The summed E-state index contributed by atoms with van der Waals surface area (Å²) in [5, 5.41) is 2.90. The van der Waals surface area contributed by atoms with Crippen molar-refractivity contribution < 1.29 is 9.18 Å². The molecule has 3 N–H and O–H groups in total. The van der Waals surface area contributed by atoms with Crippen molar-refractivity contribution in [3.63, 3.8) is 0 Å². The van der Waals surface area contributed by atoms with Crippen molar-refractivity contribution in [3.8, 4) is 0 Å². The molecule has 0 radical (unpaired) electrons. The van der Waals surface area contributed by atoms with Gasteiger partial charge in [0.1, 0.15) is 5.82 Å². The van der Waals surface area contributed by atoms with Crippen LogP contribution in [0.15, 0.2) is 18.2 Å². The quantitative estimate of drug-likeness (QED) is 0.874. The summed E-state index contributed by atoms with van der Waals surface area (Å²) < 4.78 is 13.0. The molecule has 5 heteroatoms. The van der Waals surface area contributed by atoms with Crippen molar-refractivity contribution in [2.75, 3.05) is 5.32 Å². The van der Waals surface area contributed by atoms with Crippen LogP contribution in [0.4, 0.5) is 10.1 Å². The average molecular weight is 257 g/mol. The maximum absolute atomic E-state index is 13.0. The molecule has 3 nitrogen and oxygen atoms in total. The van der Waals surface area contributed by atoms with Gasteiger partial charge in [0.25, 0.3) is 0 Å². The molecule has 0 aromatic heterocycles. The number of hydrogen-bond donors (Lipinski definition) is 2. The topological polar surface area (TPSA) is 55.1 Å². The molecule has 2 rings (SSSR count). The molecule has 0 heterocycles. The van der Waals surface area contributed by atoms with Gasteiger partial charge in [-0.05, 0) is 37.5 Å². The van der Waals surface area contributed by atoms with Gasteiger partial charge in [-0.25, -0.2) is 4.39 Å². The molecule has 0 aliphatic heterocycles. The lowest BCUT2D eigenvalue weighted by Crippen LogP contribution is -2.48. The molecular weight excluding hydrogens is 243 g/mol. The van der Waals surface area contributed by atoms with Gasteiger partial charge in [-0.1, -0.05) is 11.6 Å². The molecule has 1 saturated carbocycles.